The number of carbonyl (C=O) groups excluding carboxylic acids is 3. The zero-order valence-corrected chi connectivity index (χ0v) is 19.5. The topological polar surface area (TPSA) is 99.8 Å². The summed E-state index contributed by atoms with van der Waals surface area (Å²) in [6.07, 6.45) is 1.54. The van der Waals surface area contributed by atoms with Gasteiger partial charge in [0.25, 0.3) is 0 Å². The van der Waals surface area contributed by atoms with Crippen LogP contribution in [0.3, 0.4) is 0 Å². The summed E-state index contributed by atoms with van der Waals surface area (Å²) in [5, 5.41) is 9.06. The molecule has 9 heteroatoms. The summed E-state index contributed by atoms with van der Waals surface area (Å²) in [5.74, 6) is 0.129. The number of amides is 4. The average Bonchev–Trinajstić information content (AvgIpc) is 2.80. The lowest BCUT2D eigenvalue weighted by Crippen LogP contribution is -2.53. The van der Waals surface area contributed by atoms with E-state index in [2.05, 4.69) is 16.0 Å². The number of anilines is 1. The maximum Gasteiger partial charge on any atom is 0.321 e. The Bertz CT molecular complexity index is 992. The van der Waals surface area contributed by atoms with Crippen LogP contribution in [-0.4, -0.2) is 55.0 Å². The number of hydrogen-bond donors (Lipinski definition) is 3. The first-order chi connectivity index (χ1) is 15.9. The second kappa shape index (κ2) is 11.6. The number of rotatable bonds is 7. The van der Waals surface area contributed by atoms with Crippen molar-refractivity contribution in [2.24, 2.45) is 0 Å². The maximum absolute atomic E-state index is 13.0. The van der Waals surface area contributed by atoms with Crippen LogP contribution in [0.25, 0.3) is 0 Å². The first kappa shape index (κ1) is 24.4. The molecule has 1 heterocycles. The molecule has 176 valence electrons. The van der Waals surface area contributed by atoms with E-state index in [4.69, 9.17) is 16.3 Å². The van der Waals surface area contributed by atoms with Crippen LogP contribution in [0.15, 0.2) is 48.5 Å². The minimum atomic E-state index is -0.722. The molecular formula is C24H29ClN4O4. The van der Waals surface area contributed by atoms with Crippen molar-refractivity contribution in [2.45, 2.75) is 38.3 Å². The molecule has 1 aliphatic heterocycles. The lowest BCUT2D eigenvalue weighted by atomic mass is 10.0. The van der Waals surface area contributed by atoms with Gasteiger partial charge in [-0.2, -0.15) is 0 Å². The van der Waals surface area contributed by atoms with Crippen molar-refractivity contribution in [2.75, 3.05) is 25.5 Å². The van der Waals surface area contributed by atoms with Crippen LogP contribution in [-0.2, 0) is 16.0 Å². The van der Waals surface area contributed by atoms with Gasteiger partial charge in [0.2, 0.25) is 11.8 Å². The molecule has 2 aromatic rings. The number of methoxy groups -OCH3 is 1. The molecule has 1 atom stereocenters. The number of ether oxygens (including phenoxy) is 1. The standard InChI is InChI=1S/C24H29ClN4O4/c1-16(30)26-21(15-17-7-3-6-10-22(17)33-2)23(31)27-18-11-13-29(14-12-18)24(32)28-20-9-5-4-8-19(20)25/h3-10,18,21H,11-15H2,1-2H3,(H,26,30)(H,27,31)(H,28,32)/t21-/m0/s1. The Morgan fingerprint density at radius 3 is 2.42 bits per heavy atom. The molecule has 1 aliphatic rings. The summed E-state index contributed by atoms with van der Waals surface area (Å²) in [4.78, 5) is 38.9. The van der Waals surface area contributed by atoms with E-state index >= 15 is 0 Å². The van der Waals surface area contributed by atoms with Crippen molar-refractivity contribution >= 4 is 35.1 Å². The van der Waals surface area contributed by atoms with E-state index in [1.54, 1.807) is 36.3 Å². The summed E-state index contributed by atoms with van der Waals surface area (Å²) >= 11 is 6.11. The number of likely N-dealkylation sites (tertiary alicyclic amines) is 1. The smallest absolute Gasteiger partial charge is 0.321 e. The molecule has 0 aliphatic carbocycles. The average molecular weight is 473 g/mol. The lowest BCUT2D eigenvalue weighted by Gasteiger charge is -2.33. The Morgan fingerprint density at radius 2 is 1.76 bits per heavy atom. The second-order valence-electron chi connectivity index (χ2n) is 7.95. The second-order valence-corrected chi connectivity index (χ2v) is 8.36. The first-order valence-corrected chi connectivity index (χ1v) is 11.2. The molecule has 3 N–H and O–H groups in total. The zero-order chi connectivity index (χ0) is 23.8. The van der Waals surface area contributed by atoms with E-state index in [9.17, 15) is 14.4 Å². The maximum atomic E-state index is 13.0. The molecule has 33 heavy (non-hydrogen) atoms. The van der Waals surface area contributed by atoms with E-state index in [1.165, 1.54) is 6.92 Å². The third kappa shape index (κ3) is 6.86. The van der Waals surface area contributed by atoms with Gasteiger partial charge in [0, 0.05) is 32.5 Å². The highest BCUT2D eigenvalue weighted by molar-refractivity contribution is 6.33. The highest BCUT2D eigenvalue weighted by Gasteiger charge is 2.28. The van der Waals surface area contributed by atoms with Crippen molar-refractivity contribution in [3.63, 3.8) is 0 Å². The zero-order valence-electron chi connectivity index (χ0n) is 18.8. The molecular weight excluding hydrogens is 444 g/mol. The molecule has 0 spiro atoms. The fraction of sp³-hybridized carbons (Fsp3) is 0.375. The molecule has 0 aromatic heterocycles. The van der Waals surface area contributed by atoms with Gasteiger partial charge in [0.1, 0.15) is 11.8 Å². The number of piperidine rings is 1. The van der Waals surface area contributed by atoms with Gasteiger partial charge in [-0.25, -0.2) is 4.79 Å². The van der Waals surface area contributed by atoms with E-state index in [0.29, 0.717) is 48.8 Å². The molecule has 2 aromatic carbocycles. The number of nitrogens with one attached hydrogen (secondary N) is 3. The fourth-order valence-electron chi connectivity index (χ4n) is 3.83. The molecule has 0 unspecified atom stereocenters. The van der Waals surface area contributed by atoms with Crippen molar-refractivity contribution in [3.8, 4) is 5.75 Å². The van der Waals surface area contributed by atoms with Crippen molar-refractivity contribution < 1.29 is 19.1 Å². The Hall–Kier alpha value is -3.26. The number of urea groups is 1. The van der Waals surface area contributed by atoms with Crippen molar-refractivity contribution in [1.29, 1.82) is 0 Å². The Balaban J connectivity index is 1.55. The van der Waals surface area contributed by atoms with E-state index in [1.807, 2.05) is 24.3 Å². The summed E-state index contributed by atoms with van der Waals surface area (Å²) in [5.41, 5.74) is 1.40. The first-order valence-electron chi connectivity index (χ1n) is 10.9. The number of nitrogens with zero attached hydrogens (tertiary/aromatic N) is 1. The molecule has 0 radical (unpaired) electrons. The number of benzene rings is 2. The highest BCUT2D eigenvalue weighted by Crippen LogP contribution is 2.22. The number of halogens is 1. The molecule has 3 rings (SSSR count). The Labute approximate surface area is 198 Å². The normalized spacial score (nSPS) is 14.8. The van der Waals surface area contributed by atoms with Crippen LogP contribution in [0, 0.1) is 0 Å². The van der Waals surface area contributed by atoms with Crippen molar-refractivity contribution in [3.05, 3.63) is 59.1 Å². The van der Waals surface area contributed by atoms with Gasteiger partial charge in [-0.3, -0.25) is 9.59 Å². The van der Waals surface area contributed by atoms with Crippen LogP contribution in [0.1, 0.15) is 25.3 Å². The van der Waals surface area contributed by atoms with Gasteiger partial charge in [0.05, 0.1) is 17.8 Å². The van der Waals surface area contributed by atoms with Crippen LogP contribution in [0.5, 0.6) is 5.75 Å². The van der Waals surface area contributed by atoms with Gasteiger partial charge in [-0.15, -0.1) is 0 Å². The number of para-hydroxylation sites is 2. The largest absolute Gasteiger partial charge is 0.496 e. The summed E-state index contributed by atoms with van der Waals surface area (Å²) in [6.45, 7) is 2.38. The van der Waals surface area contributed by atoms with Gasteiger partial charge in [0.15, 0.2) is 0 Å². The molecule has 0 saturated carbocycles. The van der Waals surface area contributed by atoms with Crippen LogP contribution in [0.2, 0.25) is 5.02 Å². The van der Waals surface area contributed by atoms with Gasteiger partial charge < -0.3 is 25.6 Å². The Morgan fingerprint density at radius 1 is 1.09 bits per heavy atom. The lowest BCUT2D eigenvalue weighted by molar-refractivity contribution is -0.128. The summed E-state index contributed by atoms with van der Waals surface area (Å²) in [6, 6.07) is 13.4. The summed E-state index contributed by atoms with van der Waals surface area (Å²) in [7, 11) is 1.57. The summed E-state index contributed by atoms with van der Waals surface area (Å²) < 4.78 is 5.37. The van der Waals surface area contributed by atoms with Gasteiger partial charge in [-0.1, -0.05) is 41.9 Å². The fourth-order valence-corrected chi connectivity index (χ4v) is 4.01. The minimum absolute atomic E-state index is 0.0872. The predicted molar refractivity (Wildman–Crippen MR) is 128 cm³/mol. The van der Waals surface area contributed by atoms with Crippen LogP contribution in [0.4, 0.5) is 10.5 Å². The molecule has 1 saturated heterocycles. The molecule has 0 bridgehead atoms. The van der Waals surface area contributed by atoms with Gasteiger partial charge >= 0.3 is 6.03 Å². The van der Waals surface area contributed by atoms with Crippen LogP contribution < -0.4 is 20.7 Å². The SMILES string of the molecule is COc1ccccc1C[C@H](NC(C)=O)C(=O)NC1CCN(C(=O)Nc2ccccc2Cl)CC1. The predicted octanol–water partition coefficient (Wildman–Crippen LogP) is 3.21. The number of carbonyl (C=O) groups is 3. The van der Waals surface area contributed by atoms with E-state index < -0.39 is 6.04 Å². The molecule has 1 fully saturated rings. The monoisotopic (exact) mass is 472 g/mol. The third-order valence-corrected chi connectivity index (χ3v) is 5.88. The van der Waals surface area contributed by atoms with Crippen LogP contribution >= 0.6 is 11.6 Å². The quantitative estimate of drug-likeness (QED) is 0.576. The minimum Gasteiger partial charge on any atom is -0.496 e. The number of hydrogen-bond acceptors (Lipinski definition) is 4. The molecule has 4 amide bonds. The van der Waals surface area contributed by atoms with E-state index in [0.717, 1.165) is 5.56 Å². The van der Waals surface area contributed by atoms with Gasteiger partial charge in [-0.05, 0) is 36.6 Å². The third-order valence-electron chi connectivity index (χ3n) is 5.55. The Kier molecular flexibility index (Phi) is 8.54. The highest BCUT2D eigenvalue weighted by atomic mass is 35.5. The van der Waals surface area contributed by atoms with Crippen molar-refractivity contribution in [1.82, 2.24) is 15.5 Å². The molecule has 8 nitrogen and oxygen atoms in total. The van der Waals surface area contributed by atoms with E-state index in [-0.39, 0.29) is 23.9 Å².